The van der Waals surface area contributed by atoms with Gasteiger partial charge in [0.1, 0.15) is 11.5 Å². The fraction of sp³-hybridized carbons (Fsp3) is 0.0222. The van der Waals surface area contributed by atoms with E-state index in [1.807, 2.05) is 0 Å². The lowest BCUT2D eigenvalue weighted by atomic mass is 9.68. The first-order chi connectivity index (χ1) is 22.8. The van der Waals surface area contributed by atoms with Crippen molar-refractivity contribution in [2.75, 3.05) is 0 Å². The monoisotopic (exact) mass is 582 g/mol. The minimum atomic E-state index is -0.454. The van der Waals surface area contributed by atoms with Crippen LogP contribution in [0.1, 0.15) is 22.3 Å². The Hall–Kier alpha value is -5.92. The van der Waals surface area contributed by atoms with Crippen LogP contribution in [0.4, 0.5) is 0 Å². The van der Waals surface area contributed by atoms with Crippen molar-refractivity contribution < 1.29 is 4.74 Å². The average Bonchev–Trinajstić information content (AvgIpc) is 3.58. The Bertz CT molecular complexity index is 2630. The number of hydrogen-bond acceptors (Lipinski definition) is 1. The Morgan fingerprint density at radius 3 is 1.72 bits per heavy atom. The molecule has 0 aromatic heterocycles. The van der Waals surface area contributed by atoms with E-state index in [0.29, 0.717) is 0 Å². The molecular weight excluding hydrogens is 556 g/mol. The van der Waals surface area contributed by atoms with Gasteiger partial charge in [-0.1, -0.05) is 133 Å². The fourth-order valence-electron chi connectivity index (χ4n) is 8.92. The number of hydrogen-bond donors (Lipinski definition) is 0. The van der Waals surface area contributed by atoms with Crippen LogP contribution in [0.5, 0.6) is 11.5 Å². The van der Waals surface area contributed by atoms with Crippen molar-refractivity contribution in [3.05, 3.63) is 180 Å². The van der Waals surface area contributed by atoms with E-state index >= 15 is 0 Å². The summed E-state index contributed by atoms with van der Waals surface area (Å²) >= 11 is 0. The van der Waals surface area contributed by atoms with Crippen LogP contribution in [-0.4, -0.2) is 0 Å². The van der Waals surface area contributed by atoms with Gasteiger partial charge >= 0.3 is 0 Å². The summed E-state index contributed by atoms with van der Waals surface area (Å²) in [7, 11) is 0. The molecule has 1 heterocycles. The molecule has 0 bridgehead atoms. The maximum atomic E-state index is 6.51. The van der Waals surface area contributed by atoms with Gasteiger partial charge in [-0.15, -0.1) is 0 Å². The first kappa shape index (κ1) is 24.4. The second kappa shape index (κ2) is 8.62. The quantitative estimate of drug-likeness (QED) is 0.187. The van der Waals surface area contributed by atoms with Crippen molar-refractivity contribution in [2.24, 2.45) is 0 Å². The topological polar surface area (TPSA) is 9.23 Å². The third-order valence-corrected chi connectivity index (χ3v) is 10.6. The van der Waals surface area contributed by atoms with Gasteiger partial charge in [-0.25, -0.2) is 0 Å². The van der Waals surface area contributed by atoms with Crippen LogP contribution < -0.4 is 4.74 Å². The summed E-state index contributed by atoms with van der Waals surface area (Å²) in [6, 6.07) is 58.3. The van der Waals surface area contributed by atoms with E-state index in [1.54, 1.807) is 0 Å². The fourth-order valence-corrected chi connectivity index (χ4v) is 8.92. The molecule has 0 saturated carbocycles. The lowest BCUT2D eigenvalue weighted by Gasteiger charge is -2.33. The highest BCUT2D eigenvalue weighted by Gasteiger charge is 2.53. The van der Waals surface area contributed by atoms with Crippen LogP contribution in [0.25, 0.3) is 66.1 Å². The molecule has 8 aromatic carbocycles. The van der Waals surface area contributed by atoms with E-state index in [2.05, 4.69) is 158 Å². The summed E-state index contributed by atoms with van der Waals surface area (Å²) in [5, 5.41) is 4.92. The predicted octanol–water partition coefficient (Wildman–Crippen LogP) is 11.8. The summed E-state index contributed by atoms with van der Waals surface area (Å²) in [6.45, 7) is 0. The molecule has 8 aromatic rings. The molecule has 0 radical (unpaired) electrons. The molecule has 46 heavy (non-hydrogen) atoms. The number of benzene rings is 8. The molecule has 0 saturated heterocycles. The molecule has 0 fully saturated rings. The van der Waals surface area contributed by atoms with Gasteiger partial charge in [-0.2, -0.15) is 0 Å². The van der Waals surface area contributed by atoms with E-state index in [-0.39, 0.29) is 0 Å². The Morgan fingerprint density at radius 2 is 0.913 bits per heavy atom. The van der Waals surface area contributed by atoms with Crippen molar-refractivity contribution >= 4 is 21.5 Å². The number of para-hydroxylation sites is 1. The van der Waals surface area contributed by atoms with Crippen molar-refractivity contribution in [1.29, 1.82) is 0 Å². The van der Waals surface area contributed by atoms with Gasteiger partial charge in [-0.05, 0) is 96.1 Å². The molecular formula is C45H26O. The summed E-state index contributed by atoms with van der Waals surface area (Å²) in [5.74, 6) is 1.82. The largest absolute Gasteiger partial charge is 0.456 e. The van der Waals surface area contributed by atoms with Crippen LogP contribution >= 0.6 is 0 Å². The SMILES string of the molecule is c1ccc2c(c1)Oc1cccc3ccc(-c4cccc5c4C4(c6ccccc6-c6cc7ccccc7cc64)c4ccccc4-5)c-2c13. The zero-order valence-corrected chi connectivity index (χ0v) is 24.9. The van der Waals surface area contributed by atoms with E-state index in [0.717, 1.165) is 17.1 Å². The van der Waals surface area contributed by atoms with Gasteiger partial charge in [0.2, 0.25) is 0 Å². The van der Waals surface area contributed by atoms with Gasteiger partial charge in [0.15, 0.2) is 0 Å². The zero-order chi connectivity index (χ0) is 30.0. The first-order valence-corrected chi connectivity index (χ1v) is 16.0. The number of fused-ring (bicyclic) bond motifs is 13. The normalized spacial score (nSPS) is 16.1. The van der Waals surface area contributed by atoms with E-state index < -0.39 is 5.41 Å². The van der Waals surface area contributed by atoms with E-state index in [4.69, 9.17) is 4.74 Å². The third kappa shape index (κ3) is 2.87. The smallest absolute Gasteiger partial charge is 0.135 e. The Balaban J connectivity index is 1.33. The first-order valence-electron chi connectivity index (χ1n) is 16.0. The van der Waals surface area contributed by atoms with Crippen molar-refractivity contribution in [3.8, 4) is 56.0 Å². The molecule has 1 atom stereocenters. The molecule has 2 aliphatic carbocycles. The molecule has 11 rings (SSSR count). The van der Waals surface area contributed by atoms with Crippen molar-refractivity contribution in [3.63, 3.8) is 0 Å². The van der Waals surface area contributed by atoms with E-state index in [9.17, 15) is 0 Å². The third-order valence-electron chi connectivity index (χ3n) is 10.6. The summed E-state index contributed by atoms with van der Waals surface area (Å²) < 4.78 is 6.51. The summed E-state index contributed by atoms with van der Waals surface area (Å²) in [5.41, 5.74) is 15.2. The number of rotatable bonds is 1. The molecule has 0 amide bonds. The van der Waals surface area contributed by atoms with Crippen LogP contribution in [0.2, 0.25) is 0 Å². The summed E-state index contributed by atoms with van der Waals surface area (Å²) in [6.07, 6.45) is 0. The van der Waals surface area contributed by atoms with Gasteiger partial charge < -0.3 is 4.74 Å². The van der Waals surface area contributed by atoms with Crippen molar-refractivity contribution in [1.82, 2.24) is 0 Å². The zero-order valence-electron chi connectivity index (χ0n) is 24.9. The molecule has 1 unspecified atom stereocenters. The Morgan fingerprint density at radius 1 is 0.348 bits per heavy atom. The molecule has 1 heteroatoms. The van der Waals surface area contributed by atoms with Crippen molar-refractivity contribution in [2.45, 2.75) is 5.41 Å². The Kier molecular flexibility index (Phi) is 4.57. The maximum absolute atomic E-state index is 6.51. The van der Waals surface area contributed by atoms with Gasteiger partial charge in [-0.3, -0.25) is 0 Å². The average molecular weight is 583 g/mol. The lowest BCUT2D eigenvalue weighted by Crippen LogP contribution is -2.26. The predicted molar refractivity (Wildman–Crippen MR) is 189 cm³/mol. The van der Waals surface area contributed by atoms with Crippen LogP contribution in [0.15, 0.2) is 158 Å². The van der Waals surface area contributed by atoms with Crippen LogP contribution in [0.3, 0.4) is 0 Å². The second-order valence-electron chi connectivity index (χ2n) is 12.8. The minimum Gasteiger partial charge on any atom is -0.456 e. The highest BCUT2D eigenvalue weighted by molar-refractivity contribution is 6.11. The Labute approximate surface area is 267 Å². The van der Waals surface area contributed by atoms with E-state index in [1.165, 1.54) is 82.7 Å². The highest BCUT2D eigenvalue weighted by Crippen LogP contribution is 2.65. The summed E-state index contributed by atoms with van der Waals surface area (Å²) in [4.78, 5) is 0. The molecule has 212 valence electrons. The lowest BCUT2D eigenvalue weighted by molar-refractivity contribution is 0.487. The maximum Gasteiger partial charge on any atom is 0.135 e. The van der Waals surface area contributed by atoms with Gasteiger partial charge in [0.05, 0.1) is 5.41 Å². The molecule has 1 aliphatic heterocycles. The van der Waals surface area contributed by atoms with Gasteiger partial charge in [0.25, 0.3) is 0 Å². The van der Waals surface area contributed by atoms with Gasteiger partial charge in [0, 0.05) is 16.5 Å². The molecule has 1 spiro atoms. The van der Waals surface area contributed by atoms with Crippen LogP contribution in [0, 0.1) is 0 Å². The second-order valence-corrected chi connectivity index (χ2v) is 12.8. The minimum absolute atomic E-state index is 0.454. The van der Waals surface area contributed by atoms with Crippen LogP contribution in [-0.2, 0) is 5.41 Å². The molecule has 1 nitrogen and oxygen atoms in total. The molecule has 0 N–H and O–H groups in total. The molecule has 3 aliphatic rings. The standard InChI is InChI=1S/C45H26O/c1-2-12-29-26-39-36(25-28(29)11-1)31-15-4-7-20-38(31)45(39)37-19-6-3-14-30(37)33-17-10-18-34(44(33)45)32-24-23-27-13-9-22-41-42(27)43(32)35-16-5-8-21-40(35)46-41/h1-26H. The number of ether oxygens (including phenoxy) is 1. The highest BCUT2D eigenvalue weighted by atomic mass is 16.5.